The number of ether oxygens (including phenoxy) is 1. The lowest BCUT2D eigenvalue weighted by molar-refractivity contribution is 0.0760. The number of hydrogen-bond acceptors (Lipinski definition) is 5. The summed E-state index contributed by atoms with van der Waals surface area (Å²) in [6, 6.07) is 0. The van der Waals surface area contributed by atoms with Gasteiger partial charge in [0.05, 0.1) is 30.7 Å². The first-order valence-electron chi connectivity index (χ1n) is 10.8. The number of aromatic nitrogens is 4. The van der Waals surface area contributed by atoms with Gasteiger partial charge in [-0.15, -0.1) is 0 Å². The summed E-state index contributed by atoms with van der Waals surface area (Å²) in [6.07, 6.45) is 3.64. The molecule has 2 aromatic heterocycles. The molecule has 158 valence electrons. The summed E-state index contributed by atoms with van der Waals surface area (Å²) in [6.45, 7) is 13.5. The van der Waals surface area contributed by atoms with E-state index >= 15 is 0 Å². The summed E-state index contributed by atoms with van der Waals surface area (Å²) in [5.74, 6) is 0.102. The molecule has 0 aliphatic carbocycles. The third-order valence-electron chi connectivity index (χ3n) is 6.16. The van der Waals surface area contributed by atoms with Gasteiger partial charge in [-0.05, 0) is 27.2 Å². The van der Waals surface area contributed by atoms with Crippen LogP contribution in [0.25, 0.3) is 0 Å². The Kier molecular flexibility index (Phi) is 6.01. The lowest BCUT2D eigenvalue weighted by Gasteiger charge is -2.22. The smallest absolute Gasteiger partial charge is 0.257 e. The summed E-state index contributed by atoms with van der Waals surface area (Å²) in [5, 5.41) is 9.20. The summed E-state index contributed by atoms with van der Waals surface area (Å²) in [5.41, 5.74) is 5.44. The Bertz CT molecular complexity index is 871. The lowest BCUT2D eigenvalue weighted by Crippen LogP contribution is -2.35. The highest BCUT2D eigenvalue weighted by atomic mass is 16.5. The van der Waals surface area contributed by atoms with Crippen molar-refractivity contribution in [2.45, 2.75) is 59.9 Å². The van der Waals surface area contributed by atoms with E-state index in [1.54, 1.807) is 6.20 Å². The molecule has 0 atom stereocenters. The van der Waals surface area contributed by atoms with Crippen LogP contribution in [0, 0.1) is 6.92 Å². The Balaban J connectivity index is 1.42. The third-order valence-corrected chi connectivity index (χ3v) is 6.16. The van der Waals surface area contributed by atoms with Gasteiger partial charge in [-0.1, -0.05) is 0 Å². The summed E-state index contributed by atoms with van der Waals surface area (Å²) >= 11 is 0. The summed E-state index contributed by atoms with van der Waals surface area (Å²) in [4.78, 5) is 17.4. The van der Waals surface area contributed by atoms with Gasteiger partial charge in [-0.25, -0.2) is 0 Å². The summed E-state index contributed by atoms with van der Waals surface area (Å²) < 4.78 is 9.71. The van der Waals surface area contributed by atoms with E-state index in [1.807, 2.05) is 23.4 Å². The monoisotopic (exact) mass is 400 g/mol. The van der Waals surface area contributed by atoms with Gasteiger partial charge in [0.2, 0.25) is 0 Å². The first-order chi connectivity index (χ1) is 14.1. The molecular weight excluding hydrogens is 368 g/mol. The van der Waals surface area contributed by atoms with Crippen LogP contribution in [0.15, 0.2) is 6.20 Å². The molecule has 4 heterocycles. The first kappa shape index (κ1) is 20.1. The van der Waals surface area contributed by atoms with Crippen LogP contribution in [0.3, 0.4) is 0 Å². The number of nitrogens with zero attached hydrogens (tertiary/aromatic N) is 6. The molecule has 1 saturated heterocycles. The molecule has 0 N–H and O–H groups in total. The van der Waals surface area contributed by atoms with Crippen molar-refractivity contribution in [2.75, 3.05) is 32.8 Å². The molecule has 8 heteroatoms. The van der Waals surface area contributed by atoms with Crippen molar-refractivity contribution in [3.8, 4) is 0 Å². The molecule has 0 radical (unpaired) electrons. The number of amides is 1. The van der Waals surface area contributed by atoms with Crippen LogP contribution in [0.2, 0.25) is 0 Å². The molecule has 29 heavy (non-hydrogen) atoms. The van der Waals surface area contributed by atoms with Crippen molar-refractivity contribution in [3.63, 3.8) is 0 Å². The second-order valence-corrected chi connectivity index (χ2v) is 7.87. The average molecular weight is 401 g/mol. The largest absolute Gasteiger partial charge is 0.376 e. The van der Waals surface area contributed by atoms with Crippen LogP contribution in [-0.2, 0) is 37.4 Å². The minimum absolute atomic E-state index is 0.102. The van der Waals surface area contributed by atoms with E-state index in [9.17, 15) is 4.79 Å². The average Bonchev–Trinajstić information content (AvgIpc) is 3.19. The van der Waals surface area contributed by atoms with Crippen LogP contribution in [0.5, 0.6) is 0 Å². The van der Waals surface area contributed by atoms with Crippen molar-refractivity contribution in [3.05, 3.63) is 34.4 Å². The Morgan fingerprint density at radius 1 is 1.14 bits per heavy atom. The predicted octanol–water partition coefficient (Wildman–Crippen LogP) is 1.85. The van der Waals surface area contributed by atoms with E-state index in [-0.39, 0.29) is 5.91 Å². The van der Waals surface area contributed by atoms with E-state index in [2.05, 4.69) is 21.6 Å². The molecule has 0 spiro atoms. The molecule has 2 aliphatic heterocycles. The Morgan fingerprint density at radius 2 is 1.97 bits per heavy atom. The van der Waals surface area contributed by atoms with Crippen molar-refractivity contribution in [1.29, 1.82) is 0 Å². The van der Waals surface area contributed by atoms with Crippen molar-refractivity contribution >= 4 is 5.91 Å². The van der Waals surface area contributed by atoms with Gasteiger partial charge < -0.3 is 9.64 Å². The molecule has 1 fully saturated rings. The Labute approximate surface area is 172 Å². The molecule has 0 saturated carbocycles. The fraction of sp³-hybridized carbons (Fsp3) is 0.667. The maximum Gasteiger partial charge on any atom is 0.257 e. The molecule has 2 aromatic rings. The van der Waals surface area contributed by atoms with Crippen molar-refractivity contribution < 1.29 is 9.53 Å². The van der Waals surface area contributed by atoms with Gasteiger partial charge in [0.25, 0.3) is 5.91 Å². The fourth-order valence-corrected chi connectivity index (χ4v) is 4.46. The third kappa shape index (κ3) is 3.96. The quantitative estimate of drug-likeness (QED) is 0.766. The van der Waals surface area contributed by atoms with Crippen molar-refractivity contribution in [2.24, 2.45) is 0 Å². The zero-order chi connectivity index (χ0) is 20.4. The van der Waals surface area contributed by atoms with Gasteiger partial charge in [-0.3, -0.25) is 19.1 Å². The zero-order valence-electron chi connectivity index (χ0n) is 17.9. The molecule has 1 amide bonds. The number of carbonyl (C=O) groups excluding carboxylic acids is 1. The zero-order valence-corrected chi connectivity index (χ0v) is 17.9. The van der Waals surface area contributed by atoms with Gasteiger partial charge in [0.1, 0.15) is 0 Å². The predicted molar refractivity (Wildman–Crippen MR) is 110 cm³/mol. The SMILES string of the molecule is CCn1ncc(C(=O)N2CCCN(Cc3nn(CC)c4c3COCC4)CC2)c1C. The molecule has 2 aliphatic rings. The van der Waals surface area contributed by atoms with Crippen LogP contribution < -0.4 is 0 Å². The minimum atomic E-state index is 0.102. The highest BCUT2D eigenvalue weighted by molar-refractivity contribution is 5.95. The number of rotatable bonds is 5. The number of fused-ring (bicyclic) bond motifs is 1. The molecule has 0 bridgehead atoms. The Hall–Kier alpha value is -2.19. The van der Waals surface area contributed by atoms with E-state index in [4.69, 9.17) is 9.84 Å². The highest BCUT2D eigenvalue weighted by Gasteiger charge is 2.26. The molecule has 0 aromatic carbocycles. The van der Waals surface area contributed by atoms with Gasteiger partial charge in [0, 0.05) is 69.2 Å². The standard InChI is InChI=1S/C21H32N6O2/c1-4-26-16(3)17(13-22-26)21(28)25-9-6-8-24(10-11-25)14-19-18-15-29-12-7-20(18)27(5-2)23-19/h13H,4-12,14-15H2,1-3H3. The molecular formula is C21H32N6O2. The van der Waals surface area contributed by atoms with E-state index in [1.165, 1.54) is 11.3 Å². The second-order valence-electron chi connectivity index (χ2n) is 7.87. The first-order valence-corrected chi connectivity index (χ1v) is 10.8. The molecule has 4 rings (SSSR count). The van der Waals surface area contributed by atoms with Gasteiger partial charge in [-0.2, -0.15) is 10.2 Å². The van der Waals surface area contributed by atoms with E-state index in [0.717, 1.165) is 82.2 Å². The minimum Gasteiger partial charge on any atom is -0.376 e. The van der Waals surface area contributed by atoms with Gasteiger partial charge >= 0.3 is 0 Å². The van der Waals surface area contributed by atoms with Crippen LogP contribution in [-0.4, -0.2) is 68.1 Å². The topological polar surface area (TPSA) is 68.4 Å². The fourth-order valence-electron chi connectivity index (χ4n) is 4.46. The van der Waals surface area contributed by atoms with Crippen LogP contribution in [0.1, 0.15) is 53.3 Å². The number of hydrogen-bond donors (Lipinski definition) is 0. The van der Waals surface area contributed by atoms with Gasteiger partial charge in [0.15, 0.2) is 0 Å². The maximum atomic E-state index is 13.0. The van der Waals surface area contributed by atoms with Crippen LogP contribution in [0.4, 0.5) is 0 Å². The van der Waals surface area contributed by atoms with Crippen LogP contribution >= 0.6 is 0 Å². The highest BCUT2D eigenvalue weighted by Crippen LogP contribution is 2.23. The van der Waals surface area contributed by atoms with Crippen molar-refractivity contribution in [1.82, 2.24) is 29.4 Å². The van der Waals surface area contributed by atoms with E-state index < -0.39 is 0 Å². The summed E-state index contributed by atoms with van der Waals surface area (Å²) in [7, 11) is 0. The Morgan fingerprint density at radius 3 is 2.72 bits per heavy atom. The second kappa shape index (κ2) is 8.67. The number of carbonyl (C=O) groups is 1. The molecule has 8 nitrogen and oxygen atoms in total. The maximum absolute atomic E-state index is 13.0. The normalized spacial score (nSPS) is 18.0. The molecule has 0 unspecified atom stereocenters. The number of aryl methyl sites for hydroxylation is 2. The van der Waals surface area contributed by atoms with E-state index in [0.29, 0.717) is 6.61 Å². The lowest BCUT2D eigenvalue weighted by atomic mass is 10.1.